The number of fused-ring (bicyclic) bond motifs is 3. The molecule has 0 atom stereocenters. The van der Waals surface area contributed by atoms with Crippen molar-refractivity contribution in [3.05, 3.63) is 115 Å². The Bertz CT molecular complexity index is 1410. The van der Waals surface area contributed by atoms with E-state index in [9.17, 15) is 0 Å². The van der Waals surface area contributed by atoms with E-state index >= 15 is 0 Å². The van der Waals surface area contributed by atoms with Crippen molar-refractivity contribution in [1.82, 2.24) is 0 Å². The summed E-state index contributed by atoms with van der Waals surface area (Å²) in [6.07, 6.45) is -0.108. The zero-order valence-corrected chi connectivity index (χ0v) is 19.5. The molecule has 1 aliphatic rings. The lowest BCUT2D eigenvalue weighted by Crippen LogP contribution is -2.36. The van der Waals surface area contributed by atoms with Gasteiger partial charge in [0, 0.05) is 22.8 Å². The van der Waals surface area contributed by atoms with Gasteiger partial charge in [0.05, 0.1) is 6.19 Å². The summed E-state index contributed by atoms with van der Waals surface area (Å²) in [6.45, 7) is 0.987. The quantitative estimate of drug-likeness (QED) is 0.279. The minimum Gasteiger partial charge on any atom is -0.336 e. The molecule has 0 spiro atoms. The fourth-order valence-electron chi connectivity index (χ4n) is 5.14. The molecule has 0 fully saturated rings. The molecule has 1 nitrogen and oxygen atoms in total. The maximum Gasteiger partial charge on any atom is 0.0941 e. The number of nitrogens with zero attached hydrogens (tertiary/aromatic N) is 1. The topological polar surface area (TPSA) is 3.24 Å². The largest absolute Gasteiger partial charge is 0.336 e. The van der Waals surface area contributed by atoms with E-state index in [2.05, 4.69) is 114 Å². The van der Waals surface area contributed by atoms with Crippen molar-refractivity contribution in [2.45, 2.75) is 12.8 Å². The molecule has 0 N–H and O–H groups in total. The van der Waals surface area contributed by atoms with Crippen LogP contribution in [0, 0.1) is 0 Å². The first-order valence-electron chi connectivity index (χ1n) is 11.2. The SMILES string of the molecule is S=P(c1cccc2ccccc12)(c1cccc2ccccc12)N1CCCc2ccccc21. The number of benzene rings is 5. The first-order chi connectivity index (χ1) is 15.8. The molecule has 1 aliphatic heterocycles. The van der Waals surface area contributed by atoms with Crippen molar-refractivity contribution >= 4 is 55.8 Å². The predicted octanol–water partition coefficient (Wildman–Crippen LogP) is 6.79. The van der Waals surface area contributed by atoms with Crippen molar-refractivity contribution in [3.8, 4) is 0 Å². The molecule has 0 aromatic heterocycles. The fraction of sp³-hybridized carbons (Fsp3) is 0.103. The van der Waals surface area contributed by atoms with Crippen LogP contribution in [0.2, 0.25) is 0 Å². The van der Waals surface area contributed by atoms with Gasteiger partial charge >= 0.3 is 0 Å². The van der Waals surface area contributed by atoms with E-state index in [1.54, 1.807) is 0 Å². The van der Waals surface area contributed by atoms with Gasteiger partial charge in [-0.25, -0.2) is 0 Å². The minimum atomic E-state index is -2.36. The molecule has 32 heavy (non-hydrogen) atoms. The normalized spacial score (nSPS) is 13.9. The highest BCUT2D eigenvalue weighted by atomic mass is 32.4. The highest BCUT2D eigenvalue weighted by Crippen LogP contribution is 2.54. The van der Waals surface area contributed by atoms with E-state index in [1.165, 1.54) is 43.4 Å². The lowest BCUT2D eigenvalue weighted by molar-refractivity contribution is 0.792. The van der Waals surface area contributed by atoms with Crippen LogP contribution in [0.3, 0.4) is 0 Å². The number of para-hydroxylation sites is 1. The summed E-state index contributed by atoms with van der Waals surface area (Å²) in [5.74, 6) is 0. The van der Waals surface area contributed by atoms with E-state index in [0.717, 1.165) is 19.4 Å². The van der Waals surface area contributed by atoms with Gasteiger partial charge in [0.15, 0.2) is 0 Å². The summed E-state index contributed by atoms with van der Waals surface area (Å²) in [6, 6.07) is 39.6. The third-order valence-electron chi connectivity index (χ3n) is 6.61. The van der Waals surface area contributed by atoms with Gasteiger partial charge < -0.3 is 4.67 Å². The van der Waals surface area contributed by atoms with Gasteiger partial charge in [-0.3, -0.25) is 0 Å². The third-order valence-corrected chi connectivity index (χ3v) is 11.6. The molecule has 0 bridgehead atoms. The number of hydrogen-bond acceptors (Lipinski definition) is 1. The van der Waals surface area contributed by atoms with Gasteiger partial charge in [-0.15, -0.1) is 0 Å². The summed E-state index contributed by atoms with van der Waals surface area (Å²) >= 11 is 6.92. The maximum atomic E-state index is 6.92. The first kappa shape index (κ1) is 19.7. The van der Waals surface area contributed by atoms with Crippen LogP contribution in [0.5, 0.6) is 0 Å². The second-order valence-corrected chi connectivity index (χ2v) is 12.6. The van der Waals surface area contributed by atoms with Crippen molar-refractivity contribution < 1.29 is 0 Å². The van der Waals surface area contributed by atoms with Crippen LogP contribution in [0.4, 0.5) is 5.69 Å². The Labute approximate surface area is 194 Å². The smallest absolute Gasteiger partial charge is 0.0941 e. The van der Waals surface area contributed by atoms with Crippen molar-refractivity contribution in [2.24, 2.45) is 0 Å². The van der Waals surface area contributed by atoms with Crippen molar-refractivity contribution in [2.75, 3.05) is 11.2 Å². The maximum absolute atomic E-state index is 6.92. The Hall–Kier alpha value is -2.93. The molecule has 0 amide bonds. The van der Waals surface area contributed by atoms with E-state index < -0.39 is 6.19 Å². The third kappa shape index (κ3) is 3.02. The molecule has 0 radical (unpaired) electrons. The molecule has 1 heterocycles. The van der Waals surface area contributed by atoms with Crippen LogP contribution in [-0.4, -0.2) is 6.54 Å². The number of rotatable bonds is 3. The molecule has 0 saturated heterocycles. The molecule has 0 saturated carbocycles. The fourth-order valence-corrected chi connectivity index (χ4v) is 9.94. The average molecular weight is 450 g/mol. The first-order valence-corrected chi connectivity index (χ1v) is 13.9. The van der Waals surface area contributed by atoms with E-state index in [-0.39, 0.29) is 0 Å². The van der Waals surface area contributed by atoms with Crippen LogP contribution in [-0.2, 0) is 18.2 Å². The van der Waals surface area contributed by atoms with Crippen LogP contribution in [0.1, 0.15) is 12.0 Å². The Morgan fingerprint density at radius 1 is 0.594 bits per heavy atom. The van der Waals surface area contributed by atoms with Gasteiger partial charge in [0.2, 0.25) is 0 Å². The van der Waals surface area contributed by atoms with Gasteiger partial charge in [-0.1, -0.05) is 115 Å². The zero-order chi connectivity index (χ0) is 21.5. The van der Waals surface area contributed by atoms with Gasteiger partial charge in [0.25, 0.3) is 0 Å². The monoisotopic (exact) mass is 449 g/mol. The minimum absolute atomic E-state index is 0.987. The standard InChI is InChI=1S/C29H24NPS/c32-31(28-19-7-13-22-10-1-4-16-25(22)28,29-20-8-14-23-11-2-5-17-26(23)29)30-21-9-15-24-12-3-6-18-27(24)30/h1-8,10-14,16-20H,9,15,21H2. The predicted molar refractivity (Wildman–Crippen MR) is 144 cm³/mol. The molecule has 156 valence electrons. The number of hydrogen-bond donors (Lipinski definition) is 0. The van der Waals surface area contributed by atoms with Crippen LogP contribution in [0.15, 0.2) is 109 Å². The average Bonchev–Trinajstić information content (AvgIpc) is 2.87. The summed E-state index contributed by atoms with van der Waals surface area (Å²) in [5, 5.41) is 7.63. The molecular formula is C29H24NPS. The Morgan fingerprint density at radius 3 is 1.78 bits per heavy atom. The summed E-state index contributed by atoms with van der Waals surface area (Å²) in [4.78, 5) is 0. The molecule has 3 heteroatoms. The highest BCUT2D eigenvalue weighted by Gasteiger charge is 2.35. The summed E-state index contributed by atoms with van der Waals surface area (Å²) < 4.78 is 2.59. The summed E-state index contributed by atoms with van der Waals surface area (Å²) in [7, 11) is 0. The molecule has 5 aromatic rings. The van der Waals surface area contributed by atoms with Gasteiger partial charge in [0.1, 0.15) is 0 Å². The molecule has 0 unspecified atom stereocenters. The van der Waals surface area contributed by atoms with Crippen LogP contribution >= 0.6 is 6.19 Å². The number of anilines is 1. The molecule has 5 aromatic carbocycles. The van der Waals surface area contributed by atoms with Gasteiger partial charge in [-0.2, -0.15) is 0 Å². The molecular weight excluding hydrogens is 425 g/mol. The van der Waals surface area contributed by atoms with Gasteiger partial charge in [-0.05, 0) is 46.0 Å². The van der Waals surface area contributed by atoms with Crippen molar-refractivity contribution in [3.63, 3.8) is 0 Å². The number of aryl methyl sites for hydroxylation is 1. The Kier molecular flexibility index (Phi) is 4.86. The Balaban J connectivity index is 1.73. The second-order valence-electron chi connectivity index (χ2n) is 8.43. The lowest BCUT2D eigenvalue weighted by Gasteiger charge is -2.42. The van der Waals surface area contributed by atoms with E-state index in [4.69, 9.17) is 11.8 Å². The van der Waals surface area contributed by atoms with Crippen LogP contribution < -0.4 is 15.3 Å². The zero-order valence-electron chi connectivity index (χ0n) is 17.8. The molecule has 0 aliphatic carbocycles. The van der Waals surface area contributed by atoms with Crippen molar-refractivity contribution in [1.29, 1.82) is 0 Å². The lowest BCUT2D eigenvalue weighted by atomic mass is 10.0. The summed E-state index contributed by atoms with van der Waals surface area (Å²) in [5.41, 5.74) is 2.72. The van der Waals surface area contributed by atoms with E-state index in [1.807, 2.05) is 0 Å². The second kappa shape index (κ2) is 7.89. The van der Waals surface area contributed by atoms with Crippen LogP contribution in [0.25, 0.3) is 21.5 Å². The highest BCUT2D eigenvalue weighted by molar-refractivity contribution is 8.23. The Morgan fingerprint density at radius 2 is 1.12 bits per heavy atom. The van der Waals surface area contributed by atoms with E-state index in [0.29, 0.717) is 0 Å². The molecule has 6 rings (SSSR count).